The third kappa shape index (κ3) is 2.91. The topological polar surface area (TPSA) is 98.2 Å². The van der Waals surface area contributed by atoms with Gasteiger partial charge in [0.1, 0.15) is 5.82 Å². The molecule has 0 atom stereocenters. The standard InChI is InChI=1S/C17H15N5O2S/c18-17-19-12-8-9-21(10-14(12)25-17)15-7-6-13(22(23)24)16(20-15)11-4-2-1-3-5-11/h1-7H,8-10H2,(H2,18,19). The zero-order chi connectivity index (χ0) is 17.4. The number of hydrogen-bond donors (Lipinski definition) is 1. The summed E-state index contributed by atoms with van der Waals surface area (Å²) in [7, 11) is 0. The molecule has 0 bridgehead atoms. The van der Waals surface area contributed by atoms with E-state index in [1.165, 1.54) is 17.4 Å². The van der Waals surface area contributed by atoms with Crippen molar-refractivity contribution in [3.8, 4) is 11.3 Å². The van der Waals surface area contributed by atoms with Crippen LogP contribution in [0.15, 0.2) is 42.5 Å². The summed E-state index contributed by atoms with van der Waals surface area (Å²) in [4.78, 5) is 23.2. The van der Waals surface area contributed by atoms with E-state index in [9.17, 15) is 10.1 Å². The maximum atomic E-state index is 11.4. The van der Waals surface area contributed by atoms with Crippen LogP contribution in [0.1, 0.15) is 10.6 Å². The lowest BCUT2D eigenvalue weighted by molar-refractivity contribution is -0.384. The normalized spacial score (nSPS) is 13.5. The van der Waals surface area contributed by atoms with Crippen LogP contribution in [-0.2, 0) is 13.0 Å². The van der Waals surface area contributed by atoms with Gasteiger partial charge in [0.05, 0.1) is 17.2 Å². The van der Waals surface area contributed by atoms with E-state index in [0.29, 0.717) is 17.4 Å². The van der Waals surface area contributed by atoms with Crippen LogP contribution in [0.5, 0.6) is 0 Å². The first-order valence-electron chi connectivity index (χ1n) is 7.81. The summed E-state index contributed by atoms with van der Waals surface area (Å²) >= 11 is 1.49. The molecule has 126 valence electrons. The second-order valence-electron chi connectivity index (χ2n) is 5.75. The number of pyridine rings is 1. The van der Waals surface area contributed by atoms with Gasteiger partial charge in [0, 0.05) is 29.5 Å². The molecule has 1 aliphatic rings. The second-order valence-corrected chi connectivity index (χ2v) is 6.87. The van der Waals surface area contributed by atoms with Crippen LogP contribution in [0.25, 0.3) is 11.3 Å². The lowest BCUT2D eigenvalue weighted by Gasteiger charge is -2.27. The van der Waals surface area contributed by atoms with Gasteiger partial charge in [-0.05, 0) is 6.07 Å². The number of nitrogens with zero attached hydrogens (tertiary/aromatic N) is 4. The largest absolute Gasteiger partial charge is 0.375 e. The molecule has 8 heteroatoms. The third-order valence-electron chi connectivity index (χ3n) is 4.17. The number of anilines is 2. The summed E-state index contributed by atoms with van der Waals surface area (Å²) < 4.78 is 0. The number of hydrogen-bond acceptors (Lipinski definition) is 7. The van der Waals surface area contributed by atoms with Crippen molar-refractivity contribution >= 4 is 28.0 Å². The van der Waals surface area contributed by atoms with Crippen LogP contribution >= 0.6 is 11.3 Å². The number of fused-ring (bicyclic) bond motifs is 1. The van der Waals surface area contributed by atoms with Crippen molar-refractivity contribution in [3.63, 3.8) is 0 Å². The molecule has 2 N–H and O–H groups in total. The van der Waals surface area contributed by atoms with E-state index in [1.807, 2.05) is 30.3 Å². The highest BCUT2D eigenvalue weighted by Gasteiger charge is 2.24. The summed E-state index contributed by atoms with van der Waals surface area (Å²) in [6.07, 6.45) is 0.794. The number of thiazole rings is 1. The molecular formula is C17H15N5O2S. The molecule has 25 heavy (non-hydrogen) atoms. The van der Waals surface area contributed by atoms with Crippen LogP contribution < -0.4 is 10.6 Å². The van der Waals surface area contributed by atoms with Gasteiger partial charge < -0.3 is 10.6 Å². The molecule has 2 aromatic heterocycles. The first-order chi connectivity index (χ1) is 12.1. The molecule has 0 saturated heterocycles. The molecule has 4 rings (SSSR count). The van der Waals surface area contributed by atoms with E-state index in [0.717, 1.165) is 34.9 Å². The van der Waals surface area contributed by atoms with Gasteiger partial charge in [-0.15, -0.1) is 11.3 Å². The monoisotopic (exact) mass is 353 g/mol. The van der Waals surface area contributed by atoms with Gasteiger partial charge >= 0.3 is 0 Å². The maximum absolute atomic E-state index is 11.4. The Morgan fingerprint density at radius 2 is 1.96 bits per heavy atom. The van der Waals surface area contributed by atoms with Crippen molar-refractivity contribution in [1.29, 1.82) is 0 Å². The molecule has 0 fully saturated rings. The predicted octanol–water partition coefficient (Wildman–Crippen LogP) is 3.26. The number of rotatable bonds is 3. The minimum Gasteiger partial charge on any atom is -0.375 e. The minimum atomic E-state index is -0.392. The lowest BCUT2D eigenvalue weighted by atomic mass is 10.1. The molecular weight excluding hydrogens is 338 g/mol. The maximum Gasteiger partial charge on any atom is 0.295 e. The number of aromatic nitrogens is 2. The third-order valence-corrected chi connectivity index (χ3v) is 5.09. The summed E-state index contributed by atoms with van der Waals surface area (Å²) in [6.45, 7) is 1.43. The fraction of sp³-hybridized carbons (Fsp3) is 0.176. The van der Waals surface area contributed by atoms with Crippen LogP contribution in [0, 0.1) is 10.1 Å². The van der Waals surface area contributed by atoms with E-state index in [-0.39, 0.29) is 5.69 Å². The minimum absolute atomic E-state index is 0.00897. The molecule has 7 nitrogen and oxygen atoms in total. The van der Waals surface area contributed by atoms with Gasteiger partial charge in [0.25, 0.3) is 5.69 Å². The summed E-state index contributed by atoms with van der Waals surface area (Å²) in [5.74, 6) is 0.724. The Morgan fingerprint density at radius 3 is 2.72 bits per heavy atom. The molecule has 0 saturated carbocycles. The highest BCUT2D eigenvalue weighted by Crippen LogP contribution is 2.33. The van der Waals surface area contributed by atoms with Gasteiger partial charge in [-0.2, -0.15) is 0 Å². The molecule has 1 aromatic carbocycles. The van der Waals surface area contributed by atoms with Gasteiger partial charge in [0.2, 0.25) is 0 Å². The smallest absolute Gasteiger partial charge is 0.295 e. The summed E-state index contributed by atoms with van der Waals surface area (Å²) in [6, 6.07) is 12.5. The fourth-order valence-electron chi connectivity index (χ4n) is 2.98. The quantitative estimate of drug-likeness (QED) is 0.573. The van der Waals surface area contributed by atoms with Crippen molar-refractivity contribution in [1.82, 2.24) is 9.97 Å². The van der Waals surface area contributed by atoms with Crippen molar-refractivity contribution in [3.05, 3.63) is 63.1 Å². The lowest BCUT2D eigenvalue weighted by Crippen LogP contribution is -2.30. The Hall–Kier alpha value is -3.00. The van der Waals surface area contributed by atoms with Crippen LogP contribution in [0.2, 0.25) is 0 Å². The Kier molecular flexibility index (Phi) is 3.81. The van der Waals surface area contributed by atoms with Gasteiger partial charge in [-0.3, -0.25) is 10.1 Å². The predicted molar refractivity (Wildman–Crippen MR) is 97.6 cm³/mol. The highest BCUT2D eigenvalue weighted by atomic mass is 32.1. The zero-order valence-corrected chi connectivity index (χ0v) is 14.1. The number of nitrogen functional groups attached to an aromatic ring is 1. The number of nitrogens with two attached hydrogens (primary N) is 1. The summed E-state index contributed by atoms with van der Waals surface area (Å²) in [5.41, 5.74) is 7.97. The van der Waals surface area contributed by atoms with Crippen molar-refractivity contribution in [2.75, 3.05) is 17.2 Å². The zero-order valence-electron chi connectivity index (χ0n) is 13.3. The van der Waals surface area contributed by atoms with E-state index >= 15 is 0 Å². The number of benzene rings is 1. The van der Waals surface area contributed by atoms with Gasteiger partial charge in [-0.25, -0.2) is 9.97 Å². The Morgan fingerprint density at radius 1 is 1.16 bits per heavy atom. The van der Waals surface area contributed by atoms with E-state index in [1.54, 1.807) is 6.07 Å². The van der Waals surface area contributed by atoms with E-state index < -0.39 is 4.92 Å². The average molecular weight is 353 g/mol. The van der Waals surface area contributed by atoms with Crippen LogP contribution in [0.3, 0.4) is 0 Å². The van der Waals surface area contributed by atoms with Crippen molar-refractivity contribution in [2.24, 2.45) is 0 Å². The molecule has 0 aliphatic carbocycles. The second kappa shape index (κ2) is 6.14. The Balaban J connectivity index is 1.73. The SMILES string of the molecule is Nc1nc2c(s1)CN(c1ccc([N+](=O)[O-])c(-c3ccccc3)n1)CC2. The van der Waals surface area contributed by atoms with Crippen molar-refractivity contribution < 1.29 is 4.92 Å². The molecule has 0 amide bonds. The fourth-order valence-corrected chi connectivity index (χ4v) is 3.88. The first-order valence-corrected chi connectivity index (χ1v) is 8.63. The average Bonchev–Trinajstić information content (AvgIpc) is 3.01. The molecule has 0 radical (unpaired) electrons. The van der Waals surface area contributed by atoms with E-state index in [4.69, 9.17) is 5.73 Å². The Bertz CT molecular complexity index is 941. The number of nitro groups is 1. The van der Waals surface area contributed by atoms with Crippen LogP contribution in [0.4, 0.5) is 16.6 Å². The van der Waals surface area contributed by atoms with Gasteiger partial charge in [-0.1, -0.05) is 30.3 Å². The first kappa shape index (κ1) is 15.5. The molecule has 1 aliphatic heterocycles. The highest BCUT2D eigenvalue weighted by molar-refractivity contribution is 7.15. The molecule has 0 unspecified atom stereocenters. The summed E-state index contributed by atoms with van der Waals surface area (Å²) in [5, 5.41) is 12.0. The molecule has 3 aromatic rings. The van der Waals surface area contributed by atoms with E-state index in [2.05, 4.69) is 14.9 Å². The Labute approximate surface area is 147 Å². The van der Waals surface area contributed by atoms with Gasteiger partial charge in [0.15, 0.2) is 10.8 Å². The molecule has 0 spiro atoms. The van der Waals surface area contributed by atoms with Crippen molar-refractivity contribution in [2.45, 2.75) is 13.0 Å². The molecule has 3 heterocycles. The van der Waals surface area contributed by atoms with Crippen LogP contribution in [-0.4, -0.2) is 21.4 Å².